The molecule has 4 aromatic carbocycles. The molecule has 0 spiro atoms. The zero-order chi connectivity index (χ0) is 24.5. The lowest BCUT2D eigenvalue weighted by molar-refractivity contribution is 0.381. The minimum absolute atomic E-state index is 0.0272. The zero-order valence-corrected chi connectivity index (χ0v) is 20.0. The SMILES string of the molecule is O=c1n(CC2CCc3c(O)cccc3C2)c(-c2ccccc2)c(-c2ccccc2)n1-c1ccccc1. The Bertz CT molecular complexity index is 1550. The van der Waals surface area contributed by atoms with Crippen LogP contribution < -0.4 is 5.69 Å². The van der Waals surface area contributed by atoms with E-state index in [-0.39, 0.29) is 5.69 Å². The van der Waals surface area contributed by atoms with E-state index in [4.69, 9.17) is 0 Å². The Kier molecular flexibility index (Phi) is 5.78. The van der Waals surface area contributed by atoms with Crippen molar-refractivity contribution in [3.63, 3.8) is 0 Å². The van der Waals surface area contributed by atoms with E-state index in [0.717, 1.165) is 53.0 Å². The van der Waals surface area contributed by atoms with E-state index >= 15 is 0 Å². The van der Waals surface area contributed by atoms with Crippen LogP contribution in [0.15, 0.2) is 114 Å². The van der Waals surface area contributed by atoms with Gasteiger partial charge in [0.2, 0.25) is 0 Å². The number of para-hydroxylation sites is 1. The molecule has 0 amide bonds. The van der Waals surface area contributed by atoms with Gasteiger partial charge in [-0.25, -0.2) is 4.79 Å². The van der Waals surface area contributed by atoms with Crippen LogP contribution in [-0.4, -0.2) is 14.2 Å². The second kappa shape index (κ2) is 9.38. The summed E-state index contributed by atoms with van der Waals surface area (Å²) in [6.45, 7) is 0.623. The third-order valence-electron chi connectivity index (χ3n) is 7.25. The number of nitrogens with zero attached hydrogens (tertiary/aromatic N) is 2. The molecule has 0 saturated carbocycles. The number of hydrogen-bond donors (Lipinski definition) is 1. The molecule has 0 aliphatic heterocycles. The minimum atomic E-state index is -0.0272. The van der Waals surface area contributed by atoms with Crippen LogP contribution in [0.1, 0.15) is 17.5 Å². The first-order valence-electron chi connectivity index (χ1n) is 12.5. The number of fused-ring (bicyclic) bond motifs is 1. The molecule has 1 aliphatic rings. The van der Waals surface area contributed by atoms with Gasteiger partial charge in [-0.05, 0) is 54.5 Å². The number of benzene rings is 4. The van der Waals surface area contributed by atoms with Crippen LogP contribution >= 0.6 is 0 Å². The van der Waals surface area contributed by atoms with Crippen LogP contribution in [0.4, 0.5) is 0 Å². The van der Waals surface area contributed by atoms with Crippen molar-refractivity contribution in [1.29, 1.82) is 0 Å². The summed E-state index contributed by atoms with van der Waals surface area (Å²) in [7, 11) is 0. The molecule has 1 unspecified atom stereocenters. The number of imidazole rings is 1. The Labute approximate surface area is 210 Å². The van der Waals surface area contributed by atoms with Gasteiger partial charge in [-0.2, -0.15) is 0 Å². The van der Waals surface area contributed by atoms with Gasteiger partial charge in [0.1, 0.15) is 5.75 Å². The molecule has 0 saturated heterocycles. The summed E-state index contributed by atoms with van der Waals surface area (Å²) in [5.41, 5.74) is 6.95. The Morgan fingerprint density at radius 1 is 0.722 bits per heavy atom. The number of hydrogen-bond acceptors (Lipinski definition) is 2. The maximum absolute atomic E-state index is 14.2. The summed E-state index contributed by atoms with van der Waals surface area (Å²) >= 11 is 0. The van der Waals surface area contributed by atoms with Gasteiger partial charge in [0.25, 0.3) is 0 Å². The molecule has 1 aromatic heterocycles. The summed E-state index contributed by atoms with van der Waals surface area (Å²) in [5.74, 6) is 0.685. The van der Waals surface area contributed by atoms with Gasteiger partial charge in [-0.15, -0.1) is 0 Å². The van der Waals surface area contributed by atoms with Crippen molar-refractivity contribution in [1.82, 2.24) is 9.13 Å². The highest BCUT2D eigenvalue weighted by Gasteiger charge is 2.27. The lowest BCUT2D eigenvalue weighted by Gasteiger charge is -2.26. The summed E-state index contributed by atoms with van der Waals surface area (Å²) in [4.78, 5) is 14.2. The van der Waals surface area contributed by atoms with Crippen LogP contribution in [0.5, 0.6) is 5.75 Å². The van der Waals surface area contributed by atoms with Gasteiger partial charge in [0.05, 0.1) is 17.1 Å². The van der Waals surface area contributed by atoms with E-state index in [1.807, 2.05) is 81.9 Å². The van der Waals surface area contributed by atoms with Crippen molar-refractivity contribution in [3.05, 3.63) is 131 Å². The third kappa shape index (κ3) is 3.95. The van der Waals surface area contributed by atoms with Crippen molar-refractivity contribution in [2.75, 3.05) is 0 Å². The quantitative estimate of drug-likeness (QED) is 0.318. The lowest BCUT2D eigenvalue weighted by Crippen LogP contribution is -2.29. The fraction of sp³-hybridized carbons (Fsp3) is 0.156. The first kappa shape index (κ1) is 22.2. The van der Waals surface area contributed by atoms with Gasteiger partial charge in [-0.1, -0.05) is 91.0 Å². The van der Waals surface area contributed by atoms with Gasteiger partial charge in [0.15, 0.2) is 0 Å². The molecule has 1 atom stereocenters. The van der Waals surface area contributed by atoms with Crippen LogP contribution in [0.25, 0.3) is 28.2 Å². The number of aromatic nitrogens is 2. The summed E-state index contributed by atoms with van der Waals surface area (Å²) in [5, 5.41) is 10.3. The van der Waals surface area contributed by atoms with Crippen LogP contribution in [0.3, 0.4) is 0 Å². The fourth-order valence-corrected chi connectivity index (χ4v) is 5.56. The number of phenolic OH excluding ortho intramolecular Hbond substituents is 1. The second-order valence-electron chi connectivity index (χ2n) is 9.52. The normalized spacial score (nSPS) is 14.9. The van der Waals surface area contributed by atoms with E-state index in [1.54, 1.807) is 6.07 Å². The Balaban J connectivity index is 1.55. The summed E-state index contributed by atoms with van der Waals surface area (Å²) in [6.07, 6.45) is 2.61. The van der Waals surface area contributed by atoms with Crippen LogP contribution in [-0.2, 0) is 19.4 Å². The largest absolute Gasteiger partial charge is 0.508 e. The average Bonchev–Trinajstić information content (AvgIpc) is 3.22. The van der Waals surface area contributed by atoms with Crippen molar-refractivity contribution < 1.29 is 5.11 Å². The molecule has 0 fully saturated rings. The highest BCUT2D eigenvalue weighted by molar-refractivity contribution is 5.80. The van der Waals surface area contributed by atoms with Crippen molar-refractivity contribution in [2.45, 2.75) is 25.8 Å². The van der Waals surface area contributed by atoms with Crippen LogP contribution in [0.2, 0.25) is 0 Å². The zero-order valence-electron chi connectivity index (χ0n) is 20.0. The minimum Gasteiger partial charge on any atom is -0.508 e. The molecule has 1 aliphatic carbocycles. The van der Waals surface area contributed by atoms with Crippen molar-refractivity contribution in [2.24, 2.45) is 5.92 Å². The molecule has 5 aromatic rings. The topological polar surface area (TPSA) is 47.2 Å². The fourth-order valence-electron chi connectivity index (χ4n) is 5.56. The monoisotopic (exact) mass is 472 g/mol. The predicted molar refractivity (Wildman–Crippen MR) is 145 cm³/mol. The molecular weight excluding hydrogens is 444 g/mol. The Morgan fingerprint density at radius 2 is 1.33 bits per heavy atom. The molecule has 0 radical (unpaired) electrons. The smallest absolute Gasteiger partial charge is 0.333 e. The number of rotatable bonds is 5. The summed E-state index contributed by atoms with van der Waals surface area (Å²) < 4.78 is 3.84. The molecule has 178 valence electrons. The second-order valence-corrected chi connectivity index (χ2v) is 9.52. The molecule has 4 nitrogen and oxygen atoms in total. The van der Waals surface area contributed by atoms with E-state index in [9.17, 15) is 9.90 Å². The van der Waals surface area contributed by atoms with E-state index < -0.39 is 0 Å². The van der Waals surface area contributed by atoms with E-state index in [0.29, 0.717) is 18.2 Å². The molecule has 36 heavy (non-hydrogen) atoms. The van der Waals surface area contributed by atoms with Crippen LogP contribution in [0, 0.1) is 5.92 Å². The first-order chi connectivity index (χ1) is 17.7. The van der Waals surface area contributed by atoms with Gasteiger partial charge in [0, 0.05) is 17.7 Å². The first-order valence-corrected chi connectivity index (χ1v) is 12.5. The van der Waals surface area contributed by atoms with Crippen molar-refractivity contribution >= 4 is 0 Å². The standard InChI is InChI=1S/C32H28N2O2/c35-29-18-10-15-26-21-23(19-20-28(26)29)22-33-30(24-11-4-1-5-12-24)31(25-13-6-2-7-14-25)34(32(33)36)27-16-8-3-9-17-27/h1-18,23,35H,19-22H2. The van der Waals surface area contributed by atoms with Crippen molar-refractivity contribution in [3.8, 4) is 34.0 Å². The highest BCUT2D eigenvalue weighted by Crippen LogP contribution is 2.36. The molecule has 4 heteroatoms. The van der Waals surface area contributed by atoms with Gasteiger partial charge in [-0.3, -0.25) is 9.13 Å². The molecule has 0 bridgehead atoms. The van der Waals surface area contributed by atoms with Gasteiger partial charge < -0.3 is 5.11 Å². The molecule has 1 heterocycles. The highest BCUT2D eigenvalue weighted by atomic mass is 16.3. The molecule has 6 rings (SSSR count). The molecular formula is C32H28N2O2. The number of phenols is 1. The molecule has 1 N–H and O–H groups in total. The number of aromatic hydroxyl groups is 1. The Hall–Kier alpha value is -4.31. The van der Waals surface area contributed by atoms with E-state index in [1.165, 1.54) is 5.56 Å². The lowest BCUT2D eigenvalue weighted by atomic mass is 9.83. The maximum Gasteiger partial charge on any atom is 0.333 e. The van der Waals surface area contributed by atoms with E-state index in [2.05, 4.69) is 30.3 Å². The Morgan fingerprint density at radius 3 is 2.00 bits per heavy atom. The summed E-state index contributed by atoms with van der Waals surface area (Å²) in [6, 6.07) is 36.1. The maximum atomic E-state index is 14.2. The van der Waals surface area contributed by atoms with Gasteiger partial charge >= 0.3 is 5.69 Å². The third-order valence-corrected chi connectivity index (χ3v) is 7.25. The predicted octanol–water partition coefficient (Wildman–Crippen LogP) is 6.48. The average molecular weight is 473 g/mol.